The van der Waals surface area contributed by atoms with Gasteiger partial charge in [-0.3, -0.25) is 0 Å². The molecular formula is C20H26F2N2O. The Hall–Kier alpha value is -1.98. The third-order valence-electron chi connectivity index (χ3n) is 4.45. The first-order chi connectivity index (χ1) is 12.0. The molecule has 25 heavy (non-hydrogen) atoms. The number of nitrogens with zero attached hydrogens (tertiary/aromatic N) is 1. The molecule has 3 nitrogen and oxygen atoms in total. The molecule has 0 aromatic heterocycles. The van der Waals surface area contributed by atoms with Crippen LogP contribution in [0.1, 0.15) is 38.0 Å². The van der Waals surface area contributed by atoms with Crippen molar-refractivity contribution < 1.29 is 13.9 Å². The van der Waals surface area contributed by atoms with Crippen LogP contribution in [0, 0.1) is 11.6 Å². The van der Waals surface area contributed by atoms with Crippen molar-refractivity contribution in [1.29, 1.82) is 0 Å². The predicted molar refractivity (Wildman–Crippen MR) is 97.6 cm³/mol. The molecule has 2 rings (SSSR count). The monoisotopic (exact) mass is 348 g/mol. The van der Waals surface area contributed by atoms with Crippen LogP contribution in [0.15, 0.2) is 42.5 Å². The molecule has 2 atom stereocenters. The molecule has 0 amide bonds. The van der Waals surface area contributed by atoms with Gasteiger partial charge in [0.2, 0.25) is 0 Å². The van der Waals surface area contributed by atoms with E-state index >= 15 is 0 Å². The maximum Gasteiger partial charge on any atom is 0.159 e. The van der Waals surface area contributed by atoms with Crippen LogP contribution < -0.4 is 10.2 Å². The molecule has 0 saturated carbocycles. The molecule has 0 aliphatic heterocycles. The van der Waals surface area contributed by atoms with E-state index in [0.29, 0.717) is 12.1 Å². The lowest BCUT2D eigenvalue weighted by Gasteiger charge is -2.22. The summed E-state index contributed by atoms with van der Waals surface area (Å²) in [6, 6.07) is 11.5. The number of aliphatic hydroxyl groups is 1. The normalized spacial score (nSPS) is 13.5. The first-order valence-corrected chi connectivity index (χ1v) is 8.66. The van der Waals surface area contributed by atoms with Crippen LogP contribution in [0.4, 0.5) is 14.5 Å². The van der Waals surface area contributed by atoms with Crippen molar-refractivity contribution in [2.45, 2.75) is 39.5 Å². The molecule has 2 aromatic rings. The molecule has 0 unspecified atom stereocenters. The molecule has 0 radical (unpaired) electrons. The molecule has 136 valence electrons. The summed E-state index contributed by atoms with van der Waals surface area (Å²) in [4.78, 5) is 2.27. The highest BCUT2D eigenvalue weighted by molar-refractivity contribution is 5.47. The molecule has 0 bridgehead atoms. The van der Waals surface area contributed by atoms with Gasteiger partial charge in [-0.05, 0) is 56.2 Å². The van der Waals surface area contributed by atoms with Gasteiger partial charge in [-0.15, -0.1) is 0 Å². The van der Waals surface area contributed by atoms with Gasteiger partial charge < -0.3 is 15.3 Å². The molecule has 0 heterocycles. The van der Waals surface area contributed by atoms with Crippen LogP contribution in [-0.2, 0) is 6.54 Å². The minimum Gasteiger partial charge on any atom is -0.387 e. The van der Waals surface area contributed by atoms with Gasteiger partial charge in [0.1, 0.15) is 0 Å². The number of nitrogens with one attached hydrogen (secondary N) is 1. The SMILES string of the molecule is CCN(CC)c1ccc(CN[C@H](C)[C@@H](O)c2ccc(F)c(F)c2)cc1. The van der Waals surface area contributed by atoms with Gasteiger partial charge in [-0.2, -0.15) is 0 Å². The second-order valence-corrected chi connectivity index (χ2v) is 6.13. The van der Waals surface area contributed by atoms with Gasteiger partial charge in [-0.25, -0.2) is 8.78 Å². The van der Waals surface area contributed by atoms with E-state index in [1.165, 1.54) is 11.8 Å². The summed E-state index contributed by atoms with van der Waals surface area (Å²) in [5, 5.41) is 13.5. The quantitative estimate of drug-likeness (QED) is 0.756. The largest absolute Gasteiger partial charge is 0.387 e. The summed E-state index contributed by atoms with van der Waals surface area (Å²) in [6.07, 6.45) is -0.912. The van der Waals surface area contributed by atoms with Gasteiger partial charge in [0.15, 0.2) is 11.6 Å². The number of hydrogen-bond acceptors (Lipinski definition) is 3. The van der Waals surface area contributed by atoms with Crippen LogP contribution in [0.3, 0.4) is 0 Å². The van der Waals surface area contributed by atoms with E-state index in [1.807, 2.05) is 6.92 Å². The zero-order valence-corrected chi connectivity index (χ0v) is 15.0. The van der Waals surface area contributed by atoms with Gasteiger partial charge in [0, 0.05) is 31.4 Å². The lowest BCUT2D eigenvalue weighted by molar-refractivity contribution is 0.135. The topological polar surface area (TPSA) is 35.5 Å². The fourth-order valence-corrected chi connectivity index (χ4v) is 2.79. The zero-order chi connectivity index (χ0) is 18.4. The fourth-order valence-electron chi connectivity index (χ4n) is 2.79. The van der Waals surface area contributed by atoms with Crippen LogP contribution >= 0.6 is 0 Å². The van der Waals surface area contributed by atoms with E-state index in [1.54, 1.807) is 0 Å². The van der Waals surface area contributed by atoms with E-state index in [9.17, 15) is 13.9 Å². The summed E-state index contributed by atoms with van der Waals surface area (Å²) >= 11 is 0. The van der Waals surface area contributed by atoms with Crippen LogP contribution in [0.2, 0.25) is 0 Å². The van der Waals surface area contributed by atoms with E-state index in [4.69, 9.17) is 0 Å². The third kappa shape index (κ3) is 5.00. The molecule has 0 fully saturated rings. The maximum atomic E-state index is 13.3. The van der Waals surface area contributed by atoms with Crippen LogP contribution in [0.25, 0.3) is 0 Å². The Morgan fingerprint density at radius 3 is 2.20 bits per heavy atom. The fraction of sp³-hybridized carbons (Fsp3) is 0.400. The lowest BCUT2D eigenvalue weighted by atomic mass is 10.0. The van der Waals surface area contributed by atoms with E-state index in [0.717, 1.165) is 30.8 Å². The number of anilines is 1. The van der Waals surface area contributed by atoms with Gasteiger partial charge in [-0.1, -0.05) is 18.2 Å². The summed E-state index contributed by atoms with van der Waals surface area (Å²) in [5.41, 5.74) is 2.64. The molecule has 0 aliphatic rings. The average molecular weight is 348 g/mol. The van der Waals surface area contributed by atoms with Crippen LogP contribution in [-0.4, -0.2) is 24.2 Å². The number of hydrogen-bond donors (Lipinski definition) is 2. The highest BCUT2D eigenvalue weighted by atomic mass is 19.2. The third-order valence-corrected chi connectivity index (χ3v) is 4.45. The van der Waals surface area contributed by atoms with Crippen molar-refractivity contribution in [2.24, 2.45) is 0 Å². The summed E-state index contributed by atoms with van der Waals surface area (Å²) < 4.78 is 26.3. The Morgan fingerprint density at radius 1 is 1.00 bits per heavy atom. The predicted octanol–water partition coefficient (Wildman–Crippen LogP) is 4.02. The number of halogens is 2. The first-order valence-electron chi connectivity index (χ1n) is 8.66. The molecular weight excluding hydrogens is 322 g/mol. The number of rotatable bonds is 8. The molecule has 0 aliphatic carbocycles. The van der Waals surface area contributed by atoms with Crippen molar-refractivity contribution in [3.8, 4) is 0 Å². The Bertz CT molecular complexity index is 672. The second-order valence-electron chi connectivity index (χ2n) is 6.13. The summed E-state index contributed by atoms with van der Waals surface area (Å²) in [5.74, 6) is -1.86. The minimum absolute atomic E-state index is 0.299. The Balaban J connectivity index is 1.94. The van der Waals surface area contributed by atoms with E-state index < -0.39 is 17.7 Å². The lowest BCUT2D eigenvalue weighted by Crippen LogP contribution is -2.31. The van der Waals surface area contributed by atoms with Gasteiger partial charge >= 0.3 is 0 Å². The number of aliphatic hydroxyl groups excluding tert-OH is 1. The molecule has 2 N–H and O–H groups in total. The van der Waals surface area contributed by atoms with Crippen molar-refractivity contribution >= 4 is 5.69 Å². The zero-order valence-electron chi connectivity index (χ0n) is 15.0. The van der Waals surface area contributed by atoms with E-state index in [2.05, 4.69) is 48.3 Å². The van der Waals surface area contributed by atoms with Crippen molar-refractivity contribution in [3.63, 3.8) is 0 Å². The Labute approximate surface area is 148 Å². The molecule has 5 heteroatoms. The van der Waals surface area contributed by atoms with Crippen molar-refractivity contribution in [1.82, 2.24) is 5.32 Å². The summed E-state index contributed by atoms with van der Waals surface area (Å²) in [7, 11) is 0. The highest BCUT2D eigenvalue weighted by Gasteiger charge is 2.17. The standard InChI is InChI=1S/C20H26F2N2O/c1-4-24(5-2)17-9-6-15(7-10-17)13-23-14(3)20(25)16-8-11-18(21)19(22)12-16/h6-12,14,20,23,25H,4-5,13H2,1-3H3/t14-,20-/m1/s1. The second kappa shape index (κ2) is 8.92. The number of benzene rings is 2. The summed E-state index contributed by atoms with van der Waals surface area (Å²) in [6.45, 7) is 8.58. The van der Waals surface area contributed by atoms with Gasteiger partial charge in [0.25, 0.3) is 0 Å². The molecule has 2 aromatic carbocycles. The van der Waals surface area contributed by atoms with Crippen molar-refractivity contribution in [2.75, 3.05) is 18.0 Å². The minimum atomic E-state index is -0.948. The van der Waals surface area contributed by atoms with Crippen molar-refractivity contribution in [3.05, 3.63) is 65.2 Å². The van der Waals surface area contributed by atoms with Gasteiger partial charge in [0.05, 0.1) is 6.10 Å². The smallest absolute Gasteiger partial charge is 0.159 e. The Morgan fingerprint density at radius 2 is 1.64 bits per heavy atom. The molecule has 0 spiro atoms. The van der Waals surface area contributed by atoms with E-state index in [-0.39, 0.29) is 6.04 Å². The van der Waals surface area contributed by atoms with Crippen LogP contribution in [0.5, 0.6) is 0 Å². The maximum absolute atomic E-state index is 13.3. The highest BCUT2D eigenvalue weighted by Crippen LogP contribution is 2.20. The Kier molecular flexibility index (Phi) is 6.91. The first kappa shape index (κ1) is 19.3. The average Bonchev–Trinajstić information content (AvgIpc) is 2.63. The molecule has 0 saturated heterocycles.